The van der Waals surface area contributed by atoms with Crippen LogP contribution in [0.4, 0.5) is 11.5 Å². The fourth-order valence-electron chi connectivity index (χ4n) is 3.57. The van der Waals surface area contributed by atoms with Crippen molar-refractivity contribution in [3.8, 4) is 0 Å². The molecule has 10 heteroatoms. The molecule has 0 unspecified atom stereocenters. The number of hydrogen-bond acceptors (Lipinski definition) is 8. The van der Waals surface area contributed by atoms with Crippen LogP contribution in [0.5, 0.6) is 0 Å². The third-order valence-corrected chi connectivity index (χ3v) is 6.13. The Labute approximate surface area is 191 Å². The Morgan fingerprint density at radius 3 is 2.67 bits per heavy atom. The van der Waals surface area contributed by atoms with Gasteiger partial charge in [0.25, 0.3) is 5.91 Å². The van der Waals surface area contributed by atoms with E-state index in [4.69, 9.17) is 10.3 Å². The molecule has 0 bridgehead atoms. The van der Waals surface area contributed by atoms with Gasteiger partial charge in [-0.25, -0.2) is 18.4 Å². The molecule has 0 aliphatic carbocycles. The summed E-state index contributed by atoms with van der Waals surface area (Å²) in [5.74, 6) is 0.260. The Bertz CT molecular complexity index is 1450. The zero-order valence-corrected chi connectivity index (χ0v) is 19.2. The number of nitrogens with zero attached hydrogens (tertiary/aromatic N) is 4. The van der Waals surface area contributed by atoms with Gasteiger partial charge in [0, 0.05) is 23.8 Å². The summed E-state index contributed by atoms with van der Waals surface area (Å²) in [7, 11) is -3.71. The van der Waals surface area contributed by atoms with Gasteiger partial charge in [0.15, 0.2) is 20.6 Å². The number of carbonyl (C=O) groups is 1. The van der Waals surface area contributed by atoms with E-state index in [-0.39, 0.29) is 28.7 Å². The van der Waals surface area contributed by atoms with Gasteiger partial charge in [-0.15, -0.1) is 0 Å². The molecule has 1 aromatic carbocycles. The van der Waals surface area contributed by atoms with E-state index in [1.165, 1.54) is 17.3 Å². The molecular formula is C23H23N5O4S. The Morgan fingerprint density at radius 2 is 1.94 bits per heavy atom. The lowest BCUT2D eigenvalue weighted by molar-refractivity contribution is 0.0982. The molecule has 4 aromatic rings. The Balaban J connectivity index is 1.85. The number of nitrogen functional groups attached to an aromatic ring is 1. The van der Waals surface area contributed by atoms with Crippen LogP contribution in [0.25, 0.3) is 10.9 Å². The van der Waals surface area contributed by atoms with E-state index in [0.29, 0.717) is 17.1 Å². The van der Waals surface area contributed by atoms with Crippen LogP contribution in [-0.2, 0) is 16.4 Å². The molecule has 0 saturated heterocycles. The second-order valence-electron chi connectivity index (χ2n) is 8.01. The molecular weight excluding hydrogens is 442 g/mol. The first kappa shape index (κ1) is 22.4. The summed E-state index contributed by atoms with van der Waals surface area (Å²) in [4.78, 5) is 23.5. The lowest BCUT2D eigenvalue weighted by Crippen LogP contribution is -2.32. The summed E-state index contributed by atoms with van der Waals surface area (Å²) in [5, 5.41) is 4.49. The Morgan fingerprint density at radius 1 is 1.18 bits per heavy atom. The van der Waals surface area contributed by atoms with Gasteiger partial charge in [-0.3, -0.25) is 4.79 Å². The topological polar surface area (TPSA) is 132 Å². The summed E-state index contributed by atoms with van der Waals surface area (Å²) in [6.45, 7) is 3.84. The molecule has 4 rings (SSSR count). The van der Waals surface area contributed by atoms with Crippen molar-refractivity contribution in [1.82, 2.24) is 15.1 Å². The average Bonchev–Trinajstić information content (AvgIpc) is 3.26. The van der Waals surface area contributed by atoms with E-state index in [2.05, 4.69) is 15.1 Å². The van der Waals surface area contributed by atoms with Crippen LogP contribution in [0.2, 0.25) is 0 Å². The van der Waals surface area contributed by atoms with E-state index in [9.17, 15) is 13.2 Å². The van der Waals surface area contributed by atoms with Crippen LogP contribution in [-0.4, -0.2) is 35.7 Å². The number of anilines is 2. The first-order valence-electron chi connectivity index (χ1n) is 10.2. The van der Waals surface area contributed by atoms with E-state index in [1.807, 2.05) is 38.1 Å². The van der Waals surface area contributed by atoms with Crippen molar-refractivity contribution in [2.75, 3.05) is 16.9 Å². The van der Waals surface area contributed by atoms with Crippen molar-refractivity contribution in [2.24, 2.45) is 0 Å². The molecule has 3 aromatic heterocycles. The summed E-state index contributed by atoms with van der Waals surface area (Å²) in [6.07, 6.45) is 3.79. The summed E-state index contributed by atoms with van der Waals surface area (Å²) >= 11 is 0. The smallest absolute Gasteiger partial charge is 0.263 e. The van der Waals surface area contributed by atoms with Crippen LogP contribution >= 0.6 is 0 Å². The number of rotatable bonds is 6. The van der Waals surface area contributed by atoms with Gasteiger partial charge in [-0.2, -0.15) is 0 Å². The fraction of sp³-hybridized carbons (Fsp3) is 0.217. The normalized spacial score (nSPS) is 11.8. The van der Waals surface area contributed by atoms with E-state index in [1.54, 1.807) is 18.2 Å². The third-order valence-electron chi connectivity index (χ3n) is 5.11. The number of pyridine rings is 2. The van der Waals surface area contributed by atoms with Crippen LogP contribution in [0.15, 0.2) is 64.4 Å². The molecule has 2 N–H and O–H groups in total. The summed E-state index contributed by atoms with van der Waals surface area (Å²) in [5.41, 5.74) is 7.66. The number of hydrogen-bond donors (Lipinski definition) is 1. The predicted molar refractivity (Wildman–Crippen MR) is 125 cm³/mol. The SMILES string of the molecule is CC(C)c1oncc1C(=O)N(Cc1ccc2ccc(N)nc2c1)c1cccnc1S(C)(=O)=O. The molecule has 1 amide bonds. The number of amides is 1. The van der Waals surface area contributed by atoms with Crippen LogP contribution in [0.1, 0.15) is 41.4 Å². The van der Waals surface area contributed by atoms with E-state index in [0.717, 1.165) is 17.2 Å². The first-order valence-corrected chi connectivity index (χ1v) is 12.1. The zero-order valence-electron chi connectivity index (χ0n) is 18.4. The molecule has 0 aliphatic heterocycles. The Kier molecular flexibility index (Phi) is 5.86. The maximum atomic E-state index is 13.7. The number of fused-ring (bicyclic) bond motifs is 1. The van der Waals surface area contributed by atoms with Gasteiger partial charge in [-0.1, -0.05) is 31.1 Å². The van der Waals surface area contributed by atoms with Gasteiger partial charge < -0.3 is 15.2 Å². The van der Waals surface area contributed by atoms with E-state index >= 15 is 0 Å². The molecule has 0 atom stereocenters. The molecule has 0 radical (unpaired) electrons. The third kappa shape index (κ3) is 4.56. The number of sulfone groups is 1. The fourth-order valence-corrected chi connectivity index (χ4v) is 4.38. The molecule has 0 spiro atoms. The van der Waals surface area contributed by atoms with Gasteiger partial charge >= 0.3 is 0 Å². The average molecular weight is 466 g/mol. The van der Waals surface area contributed by atoms with Crippen molar-refractivity contribution in [3.63, 3.8) is 0 Å². The molecule has 170 valence electrons. The predicted octanol–water partition coefficient (Wildman–Crippen LogP) is 3.57. The number of aromatic nitrogens is 3. The molecule has 9 nitrogen and oxygen atoms in total. The van der Waals surface area contributed by atoms with Crippen LogP contribution < -0.4 is 10.6 Å². The molecule has 0 fully saturated rings. The van der Waals surface area contributed by atoms with Crippen molar-refractivity contribution in [1.29, 1.82) is 0 Å². The lowest BCUT2D eigenvalue weighted by Gasteiger charge is -2.24. The highest BCUT2D eigenvalue weighted by atomic mass is 32.2. The maximum absolute atomic E-state index is 13.7. The van der Waals surface area contributed by atoms with Crippen molar-refractivity contribution >= 4 is 38.2 Å². The highest BCUT2D eigenvalue weighted by molar-refractivity contribution is 7.90. The number of nitrogens with two attached hydrogens (primary N) is 1. The highest BCUT2D eigenvalue weighted by Crippen LogP contribution is 2.29. The Hall–Kier alpha value is -3.79. The van der Waals surface area contributed by atoms with Gasteiger partial charge in [0.05, 0.1) is 23.9 Å². The quantitative estimate of drug-likeness (QED) is 0.457. The molecule has 0 aliphatic rings. The summed E-state index contributed by atoms with van der Waals surface area (Å²) < 4.78 is 30.2. The highest BCUT2D eigenvalue weighted by Gasteiger charge is 2.29. The lowest BCUT2D eigenvalue weighted by atomic mass is 10.1. The standard InChI is InChI=1S/C23H23N5O4S/c1-14(2)21-17(12-26-32-21)23(29)28(19-5-4-10-25-22(19)33(3,30)31)13-15-6-7-16-8-9-20(24)27-18(16)11-15/h4-12,14H,13H2,1-3H3,(H2,24,27). The van der Waals surface area contributed by atoms with Crippen molar-refractivity contribution in [3.05, 3.63) is 71.7 Å². The molecule has 3 heterocycles. The minimum atomic E-state index is -3.71. The van der Waals surface area contributed by atoms with Crippen LogP contribution in [0.3, 0.4) is 0 Å². The number of carbonyl (C=O) groups excluding carboxylic acids is 1. The van der Waals surface area contributed by atoms with E-state index < -0.39 is 15.7 Å². The van der Waals surface area contributed by atoms with Gasteiger partial charge in [0.2, 0.25) is 0 Å². The first-order chi connectivity index (χ1) is 15.6. The monoisotopic (exact) mass is 465 g/mol. The van der Waals surface area contributed by atoms with Crippen LogP contribution in [0, 0.1) is 0 Å². The van der Waals surface area contributed by atoms with Crippen molar-refractivity contribution < 1.29 is 17.7 Å². The molecule has 0 saturated carbocycles. The van der Waals surface area contributed by atoms with Gasteiger partial charge in [0.1, 0.15) is 11.4 Å². The zero-order chi connectivity index (χ0) is 23.8. The maximum Gasteiger partial charge on any atom is 0.263 e. The minimum Gasteiger partial charge on any atom is -0.384 e. The van der Waals surface area contributed by atoms with Crippen molar-refractivity contribution in [2.45, 2.75) is 31.3 Å². The summed E-state index contributed by atoms with van der Waals surface area (Å²) in [6, 6.07) is 12.3. The minimum absolute atomic E-state index is 0.0716. The largest absolute Gasteiger partial charge is 0.384 e. The van der Waals surface area contributed by atoms with Gasteiger partial charge in [-0.05, 0) is 35.9 Å². The second-order valence-corrected chi connectivity index (χ2v) is 9.94. The second kappa shape index (κ2) is 8.62. The molecule has 33 heavy (non-hydrogen) atoms. The number of benzene rings is 1.